The first-order valence-electron chi connectivity index (χ1n) is 11.6. The van der Waals surface area contributed by atoms with E-state index in [1.54, 1.807) is 0 Å². The van der Waals surface area contributed by atoms with Crippen LogP contribution < -0.4 is 9.47 Å². The molecule has 0 radical (unpaired) electrons. The minimum absolute atomic E-state index is 0.00649. The SMILES string of the molecule is Cc1c(Oc2ccc(C3COS(=O)OC3)cc2)ncnc1O[C@@H]1CCN(C(=O)O)[C@@H](C(C)(C)C)C1. The van der Waals surface area contributed by atoms with Crippen molar-refractivity contribution in [1.82, 2.24) is 14.9 Å². The van der Waals surface area contributed by atoms with Crippen LogP contribution in [-0.2, 0) is 19.7 Å². The Kier molecular flexibility index (Phi) is 7.58. The van der Waals surface area contributed by atoms with Crippen LogP contribution in [0.15, 0.2) is 30.6 Å². The van der Waals surface area contributed by atoms with Crippen molar-refractivity contribution in [2.45, 2.75) is 58.6 Å². The number of carboxylic acid groups (broad SMARTS) is 1. The van der Waals surface area contributed by atoms with Gasteiger partial charge in [0.05, 0.1) is 18.8 Å². The predicted molar refractivity (Wildman–Crippen MR) is 128 cm³/mol. The van der Waals surface area contributed by atoms with E-state index in [0.717, 1.165) is 5.56 Å². The number of amides is 1. The number of nitrogens with zero attached hydrogens (tertiary/aromatic N) is 3. The highest BCUT2D eigenvalue weighted by Crippen LogP contribution is 2.35. The van der Waals surface area contributed by atoms with Gasteiger partial charge in [0.1, 0.15) is 18.2 Å². The third kappa shape index (κ3) is 6.09. The van der Waals surface area contributed by atoms with Crippen molar-refractivity contribution in [2.75, 3.05) is 19.8 Å². The molecule has 2 aliphatic rings. The zero-order valence-electron chi connectivity index (χ0n) is 20.3. The molecule has 1 N–H and O–H groups in total. The third-order valence-corrected chi connectivity index (χ3v) is 7.02. The molecule has 2 saturated heterocycles. The summed E-state index contributed by atoms with van der Waals surface area (Å²) in [5, 5.41) is 9.59. The number of rotatable bonds is 5. The maximum absolute atomic E-state index is 11.7. The zero-order chi connectivity index (χ0) is 25.2. The molecule has 2 fully saturated rings. The molecule has 3 heterocycles. The summed E-state index contributed by atoms with van der Waals surface area (Å²) in [6.45, 7) is 9.04. The fraction of sp³-hybridized carbons (Fsp3) is 0.542. The Balaban J connectivity index is 1.42. The summed E-state index contributed by atoms with van der Waals surface area (Å²) in [6.07, 6.45) is 1.50. The summed E-state index contributed by atoms with van der Waals surface area (Å²) < 4.78 is 33.5. The summed E-state index contributed by atoms with van der Waals surface area (Å²) >= 11 is -1.66. The first-order chi connectivity index (χ1) is 16.6. The Morgan fingerprint density at radius 2 is 1.80 bits per heavy atom. The van der Waals surface area contributed by atoms with E-state index in [9.17, 15) is 14.1 Å². The van der Waals surface area contributed by atoms with Crippen LogP contribution in [0.2, 0.25) is 0 Å². The van der Waals surface area contributed by atoms with Gasteiger partial charge >= 0.3 is 17.5 Å². The molecule has 2 aliphatic heterocycles. The molecular weight excluding hydrogens is 474 g/mol. The average molecular weight is 506 g/mol. The van der Waals surface area contributed by atoms with Gasteiger partial charge in [-0.05, 0) is 30.0 Å². The highest BCUT2D eigenvalue weighted by atomic mass is 32.2. The van der Waals surface area contributed by atoms with Crippen LogP contribution in [0.1, 0.15) is 50.7 Å². The molecule has 0 aliphatic carbocycles. The number of hydrogen-bond acceptors (Lipinski definition) is 8. The second-order valence-corrected chi connectivity index (χ2v) is 10.8. The number of ether oxygens (including phenoxy) is 2. The second-order valence-electron chi connectivity index (χ2n) is 9.87. The van der Waals surface area contributed by atoms with Gasteiger partial charge in [0.25, 0.3) is 0 Å². The van der Waals surface area contributed by atoms with Crippen molar-refractivity contribution in [1.29, 1.82) is 0 Å². The largest absolute Gasteiger partial charge is 0.474 e. The fourth-order valence-corrected chi connectivity index (χ4v) is 4.98. The lowest BCUT2D eigenvalue weighted by Gasteiger charge is -2.44. The van der Waals surface area contributed by atoms with Gasteiger partial charge in [0.15, 0.2) is 0 Å². The van der Waals surface area contributed by atoms with Crippen molar-refractivity contribution in [3.05, 3.63) is 41.7 Å². The van der Waals surface area contributed by atoms with Crippen LogP contribution in [-0.4, -0.2) is 62.2 Å². The van der Waals surface area contributed by atoms with E-state index in [1.165, 1.54) is 11.2 Å². The highest BCUT2D eigenvalue weighted by Gasteiger charge is 2.39. The van der Waals surface area contributed by atoms with Crippen LogP contribution in [0, 0.1) is 12.3 Å². The average Bonchev–Trinajstić information content (AvgIpc) is 2.82. The molecular formula is C24H31N3O7S. The zero-order valence-corrected chi connectivity index (χ0v) is 21.1. The summed E-state index contributed by atoms with van der Waals surface area (Å²) in [5.74, 6) is 1.42. The number of hydrogen-bond donors (Lipinski definition) is 1. The topological polar surface area (TPSA) is 120 Å². The monoisotopic (exact) mass is 505 g/mol. The summed E-state index contributed by atoms with van der Waals surface area (Å²) in [4.78, 5) is 21.8. The van der Waals surface area contributed by atoms with Crippen molar-refractivity contribution < 1.29 is 31.9 Å². The Hall–Kier alpha value is -2.76. The van der Waals surface area contributed by atoms with Gasteiger partial charge < -0.3 is 19.5 Å². The molecule has 0 bridgehead atoms. The van der Waals surface area contributed by atoms with Crippen LogP contribution >= 0.6 is 0 Å². The molecule has 0 spiro atoms. The summed E-state index contributed by atoms with van der Waals surface area (Å²) in [5.41, 5.74) is 1.45. The number of aromatic nitrogens is 2. The van der Waals surface area contributed by atoms with E-state index in [2.05, 4.69) is 9.97 Å². The normalized spacial score (nSPS) is 25.2. The van der Waals surface area contributed by atoms with Gasteiger partial charge in [-0.25, -0.2) is 14.8 Å². The molecule has 2 atom stereocenters. The Morgan fingerprint density at radius 3 is 2.43 bits per heavy atom. The van der Waals surface area contributed by atoms with Gasteiger partial charge in [-0.2, -0.15) is 4.21 Å². The molecule has 190 valence electrons. The molecule has 0 saturated carbocycles. The molecule has 4 rings (SSSR count). The fourth-order valence-electron chi connectivity index (χ4n) is 4.36. The van der Waals surface area contributed by atoms with Crippen LogP contribution in [0.5, 0.6) is 17.5 Å². The molecule has 0 unspecified atom stereocenters. The molecule has 10 nitrogen and oxygen atoms in total. The number of benzene rings is 1. The molecule has 1 aromatic carbocycles. The van der Waals surface area contributed by atoms with E-state index >= 15 is 0 Å². The van der Waals surface area contributed by atoms with E-state index in [4.69, 9.17) is 17.8 Å². The van der Waals surface area contributed by atoms with Crippen LogP contribution in [0.3, 0.4) is 0 Å². The predicted octanol–water partition coefficient (Wildman–Crippen LogP) is 4.22. The smallest absolute Gasteiger partial charge is 0.407 e. The van der Waals surface area contributed by atoms with E-state index in [-0.39, 0.29) is 23.5 Å². The maximum atomic E-state index is 11.7. The minimum atomic E-state index is -1.66. The maximum Gasteiger partial charge on any atom is 0.407 e. The summed E-state index contributed by atoms with van der Waals surface area (Å²) in [6, 6.07) is 7.34. The van der Waals surface area contributed by atoms with Crippen molar-refractivity contribution in [2.24, 2.45) is 5.41 Å². The van der Waals surface area contributed by atoms with E-state index in [0.29, 0.717) is 55.7 Å². The Morgan fingerprint density at radius 1 is 1.14 bits per heavy atom. The van der Waals surface area contributed by atoms with Crippen molar-refractivity contribution >= 4 is 17.5 Å². The lowest BCUT2D eigenvalue weighted by atomic mass is 9.80. The second kappa shape index (κ2) is 10.5. The minimum Gasteiger partial charge on any atom is -0.474 e. The van der Waals surface area contributed by atoms with Gasteiger partial charge in [-0.3, -0.25) is 8.37 Å². The first-order valence-corrected chi connectivity index (χ1v) is 12.6. The quantitative estimate of drug-likeness (QED) is 0.636. The first kappa shape index (κ1) is 25.3. The molecule has 35 heavy (non-hydrogen) atoms. The van der Waals surface area contributed by atoms with Crippen molar-refractivity contribution in [3.8, 4) is 17.5 Å². The molecule has 1 amide bonds. The molecule has 1 aromatic heterocycles. The van der Waals surface area contributed by atoms with Crippen LogP contribution in [0.25, 0.3) is 0 Å². The Bertz CT molecular complexity index is 1060. The number of carbonyl (C=O) groups is 1. The van der Waals surface area contributed by atoms with Gasteiger partial charge in [0, 0.05) is 31.3 Å². The van der Waals surface area contributed by atoms with Gasteiger partial charge in [-0.1, -0.05) is 32.9 Å². The third-order valence-electron chi connectivity index (χ3n) is 6.37. The number of likely N-dealkylation sites (tertiary alicyclic amines) is 1. The van der Waals surface area contributed by atoms with Gasteiger partial charge in [-0.15, -0.1) is 0 Å². The molecule has 2 aromatic rings. The van der Waals surface area contributed by atoms with E-state index in [1.807, 2.05) is 52.0 Å². The lowest BCUT2D eigenvalue weighted by Crippen LogP contribution is -2.53. The van der Waals surface area contributed by atoms with Crippen molar-refractivity contribution in [3.63, 3.8) is 0 Å². The highest BCUT2D eigenvalue weighted by molar-refractivity contribution is 7.75. The van der Waals surface area contributed by atoms with Crippen LogP contribution in [0.4, 0.5) is 4.79 Å². The number of piperidine rings is 1. The standard InChI is InChI=1S/C24H31N3O7S/c1-15-21(33-18-7-5-16(6-8-18)17-12-31-35(30)32-13-17)25-14-26-22(15)34-19-9-10-27(23(28)29)20(11-19)24(2,3)4/h5-8,14,17,19-20H,9-13H2,1-4H3,(H,28,29)/t17?,19-,20-,35?/m1/s1. The Labute approximate surface area is 207 Å². The molecule has 11 heteroatoms. The lowest BCUT2D eigenvalue weighted by molar-refractivity contribution is 0.0113. The summed E-state index contributed by atoms with van der Waals surface area (Å²) in [7, 11) is 0. The van der Waals surface area contributed by atoms with Gasteiger partial charge in [0.2, 0.25) is 11.8 Å². The van der Waals surface area contributed by atoms with E-state index < -0.39 is 17.5 Å².